The molecule has 0 N–H and O–H groups in total. The quantitative estimate of drug-likeness (QED) is 0.737. The second-order valence-electron chi connectivity index (χ2n) is 4.36. The van der Waals surface area contributed by atoms with Crippen LogP contribution in [-0.2, 0) is 12.6 Å². The number of hydrogen-bond acceptors (Lipinski definition) is 1. The zero-order valence-corrected chi connectivity index (χ0v) is 9.87. The van der Waals surface area contributed by atoms with Crippen LogP contribution in [0, 0.1) is 6.61 Å². The number of para-hydroxylation sites is 1. The lowest BCUT2D eigenvalue weighted by molar-refractivity contribution is -0.137. The molecule has 0 unspecified atom stereocenters. The van der Waals surface area contributed by atoms with E-state index in [0.29, 0.717) is 23.3 Å². The molecule has 0 amide bonds. The summed E-state index contributed by atoms with van der Waals surface area (Å²) in [6.07, 6.45) is -3.65. The van der Waals surface area contributed by atoms with Gasteiger partial charge in [0.15, 0.2) is 0 Å². The summed E-state index contributed by atoms with van der Waals surface area (Å²) in [5, 5.41) is 0. The summed E-state index contributed by atoms with van der Waals surface area (Å²) in [5.41, 5.74) is 1.55. The van der Waals surface area contributed by atoms with E-state index in [9.17, 15) is 13.2 Å². The minimum Gasteiger partial charge on any atom is -0.485 e. The number of fused-ring (bicyclic) bond motifs is 1. The van der Waals surface area contributed by atoms with E-state index < -0.39 is 11.7 Å². The topological polar surface area (TPSA) is 9.23 Å². The van der Waals surface area contributed by atoms with Crippen LogP contribution in [0.2, 0.25) is 0 Å². The number of halogens is 3. The van der Waals surface area contributed by atoms with E-state index in [4.69, 9.17) is 4.74 Å². The molecule has 1 heterocycles. The van der Waals surface area contributed by atoms with Crippen molar-refractivity contribution < 1.29 is 17.9 Å². The van der Waals surface area contributed by atoms with Gasteiger partial charge in [-0.2, -0.15) is 13.2 Å². The van der Waals surface area contributed by atoms with Crippen LogP contribution >= 0.6 is 0 Å². The molecule has 3 rings (SSSR count). The van der Waals surface area contributed by atoms with Crippen LogP contribution in [0.5, 0.6) is 5.75 Å². The summed E-state index contributed by atoms with van der Waals surface area (Å²) in [7, 11) is 0. The first-order chi connectivity index (χ1) is 9.05. The molecular weight excluding hydrogens is 253 g/mol. The molecule has 1 nitrogen and oxygen atoms in total. The van der Waals surface area contributed by atoms with Crippen LogP contribution in [0.1, 0.15) is 11.1 Å². The molecule has 0 bridgehead atoms. The summed E-state index contributed by atoms with van der Waals surface area (Å²) >= 11 is 0. The Morgan fingerprint density at radius 3 is 2.58 bits per heavy atom. The molecule has 1 radical (unpaired) electrons. The minimum atomic E-state index is -4.33. The molecule has 19 heavy (non-hydrogen) atoms. The van der Waals surface area contributed by atoms with Gasteiger partial charge in [0.1, 0.15) is 12.4 Å². The van der Waals surface area contributed by atoms with E-state index in [1.165, 1.54) is 6.07 Å². The first kappa shape index (κ1) is 12.1. The number of alkyl halides is 3. The third-order valence-corrected chi connectivity index (χ3v) is 3.10. The van der Waals surface area contributed by atoms with E-state index in [1.807, 2.05) is 12.1 Å². The van der Waals surface area contributed by atoms with Gasteiger partial charge in [-0.1, -0.05) is 30.3 Å². The molecule has 0 saturated carbocycles. The monoisotopic (exact) mass is 263 g/mol. The SMILES string of the molecule is FC(F)(F)c1cccc(-c2cccc3c2O[CH]C3)c1. The fourth-order valence-electron chi connectivity index (χ4n) is 2.19. The highest BCUT2D eigenvalue weighted by atomic mass is 19.4. The lowest BCUT2D eigenvalue weighted by Gasteiger charge is -2.11. The van der Waals surface area contributed by atoms with E-state index in [1.54, 1.807) is 18.7 Å². The van der Waals surface area contributed by atoms with Gasteiger partial charge in [0.05, 0.1) is 5.56 Å². The third-order valence-electron chi connectivity index (χ3n) is 3.10. The molecule has 0 saturated heterocycles. The predicted molar refractivity (Wildman–Crippen MR) is 65.5 cm³/mol. The average Bonchev–Trinajstić information content (AvgIpc) is 2.86. The third kappa shape index (κ3) is 2.18. The summed E-state index contributed by atoms with van der Waals surface area (Å²) in [5.74, 6) is 0.654. The molecule has 2 aromatic carbocycles. The van der Waals surface area contributed by atoms with E-state index in [-0.39, 0.29) is 0 Å². The van der Waals surface area contributed by atoms with Gasteiger partial charge in [-0.25, -0.2) is 0 Å². The molecule has 0 aromatic heterocycles. The van der Waals surface area contributed by atoms with Crippen molar-refractivity contribution in [3.63, 3.8) is 0 Å². The molecule has 0 fully saturated rings. The molecule has 1 aliphatic heterocycles. The highest BCUT2D eigenvalue weighted by Crippen LogP contribution is 2.39. The van der Waals surface area contributed by atoms with Crippen molar-refractivity contribution in [1.29, 1.82) is 0 Å². The Morgan fingerprint density at radius 1 is 1.00 bits per heavy atom. The molecule has 0 aliphatic carbocycles. The number of hydrogen-bond donors (Lipinski definition) is 0. The Labute approximate surface area is 108 Å². The van der Waals surface area contributed by atoms with Gasteiger partial charge in [0.25, 0.3) is 0 Å². The van der Waals surface area contributed by atoms with Crippen molar-refractivity contribution >= 4 is 0 Å². The van der Waals surface area contributed by atoms with Gasteiger partial charge in [-0.3, -0.25) is 0 Å². The smallest absolute Gasteiger partial charge is 0.416 e. The van der Waals surface area contributed by atoms with Crippen LogP contribution in [0.25, 0.3) is 11.1 Å². The van der Waals surface area contributed by atoms with Crippen molar-refractivity contribution in [3.8, 4) is 16.9 Å². The first-order valence-electron chi connectivity index (χ1n) is 5.83. The largest absolute Gasteiger partial charge is 0.485 e. The standard InChI is InChI=1S/C15H10F3O/c16-15(17,18)12-5-1-4-11(9-12)13-6-2-3-10-7-8-19-14(10)13/h1-6,8-9H,7H2. The van der Waals surface area contributed by atoms with Gasteiger partial charge in [-0.05, 0) is 23.3 Å². The molecule has 4 heteroatoms. The minimum absolute atomic E-state index is 0.516. The van der Waals surface area contributed by atoms with E-state index in [2.05, 4.69) is 0 Å². The Kier molecular flexibility index (Phi) is 2.73. The van der Waals surface area contributed by atoms with E-state index in [0.717, 1.165) is 17.7 Å². The van der Waals surface area contributed by atoms with Crippen molar-refractivity contribution in [3.05, 3.63) is 60.2 Å². The Morgan fingerprint density at radius 2 is 1.79 bits per heavy atom. The van der Waals surface area contributed by atoms with Gasteiger partial charge in [-0.15, -0.1) is 0 Å². The van der Waals surface area contributed by atoms with Crippen molar-refractivity contribution in [2.45, 2.75) is 12.6 Å². The van der Waals surface area contributed by atoms with Crippen LogP contribution in [-0.4, -0.2) is 0 Å². The van der Waals surface area contributed by atoms with Crippen LogP contribution in [0.4, 0.5) is 13.2 Å². The highest BCUT2D eigenvalue weighted by Gasteiger charge is 2.30. The van der Waals surface area contributed by atoms with Crippen LogP contribution in [0.15, 0.2) is 42.5 Å². The molecule has 1 aliphatic rings. The summed E-state index contributed by atoms with van der Waals surface area (Å²) in [4.78, 5) is 0. The summed E-state index contributed by atoms with van der Waals surface area (Å²) in [6, 6.07) is 10.8. The molecule has 97 valence electrons. The zero-order chi connectivity index (χ0) is 13.5. The van der Waals surface area contributed by atoms with Gasteiger partial charge < -0.3 is 4.74 Å². The maximum absolute atomic E-state index is 12.7. The van der Waals surface area contributed by atoms with Gasteiger partial charge >= 0.3 is 6.18 Å². The Balaban J connectivity index is 2.11. The normalized spacial score (nSPS) is 14.1. The molecular formula is C15H10F3O. The maximum Gasteiger partial charge on any atom is 0.416 e. The van der Waals surface area contributed by atoms with Crippen LogP contribution < -0.4 is 4.74 Å². The first-order valence-corrected chi connectivity index (χ1v) is 5.83. The Hall–Kier alpha value is -1.97. The van der Waals surface area contributed by atoms with Crippen molar-refractivity contribution in [2.24, 2.45) is 0 Å². The predicted octanol–water partition coefficient (Wildman–Crippen LogP) is 4.47. The molecule has 2 aromatic rings. The fraction of sp³-hybridized carbons (Fsp3) is 0.133. The molecule has 0 spiro atoms. The Bertz CT molecular complexity index is 617. The zero-order valence-electron chi connectivity index (χ0n) is 9.87. The summed E-state index contributed by atoms with van der Waals surface area (Å²) < 4.78 is 43.6. The molecule has 0 atom stereocenters. The fourth-order valence-corrected chi connectivity index (χ4v) is 2.19. The van der Waals surface area contributed by atoms with Gasteiger partial charge in [0, 0.05) is 12.0 Å². The summed E-state index contributed by atoms with van der Waals surface area (Å²) in [6.45, 7) is 1.65. The maximum atomic E-state index is 12.7. The number of ether oxygens (including phenoxy) is 1. The average molecular weight is 263 g/mol. The lowest BCUT2D eigenvalue weighted by Crippen LogP contribution is -2.04. The number of benzene rings is 2. The second-order valence-corrected chi connectivity index (χ2v) is 4.36. The highest BCUT2D eigenvalue weighted by molar-refractivity contribution is 5.73. The van der Waals surface area contributed by atoms with Gasteiger partial charge in [0.2, 0.25) is 0 Å². The second kappa shape index (κ2) is 4.30. The van der Waals surface area contributed by atoms with E-state index >= 15 is 0 Å². The lowest BCUT2D eigenvalue weighted by atomic mass is 9.99. The van der Waals surface area contributed by atoms with Crippen LogP contribution in [0.3, 0.4) is 0 Å². The van der Waals surface area contributed by atoms with Crippen molar-refractivity contribution in [1.82, 2.24) is 0 Å². The van der Waals surface area contributed by atoms with Crippen molar-refractivity contribution in [2.75, 3.05) is 0 Å². The number of rotatable bonds is 1.